The summed E-state index contributed by atoms with van der Waals surface area (Å²) in [4.78, 5) is 13.8. The summed E-state index contributed by atoms with van der Waals surface area (Å²) in [6.07, 6.45) is 2.01. The quantitative estimate of drug-likeness (QED) is 0.537. The maximum absolute atomic E-state index is 12.5. The van der Waals surface area contributed by atoms with E-state index in [1.165, 1.54) is 24.3 Å². The summed E-state index contributed by atoms with van der Waals surface area (Å²) in [5.41, 5.74) is 1.88. The van der Waals surface area contributed by atoms with Crippen molar-refractivity contribution in [1.29, 1.82) is 0 Å². The van der Waals surface area contributed by atoms with Gasteiger partial charge >= 0.3 is 0 Å². The fourth-order valence-electron chi connectivity index (χ4n) is 2.76. The molecule has 0 spiro atoms. The first kappa shape index (κ1) is 21.0. The topological polar surface area (TPSA) is 75.3 Å². The van der Waals surface area contributed by atoms with Crippen LogP contribution in [0.5, 0.6) is 0 Å². The fourth-order valence-corrected chi connectivity index (χ4v) is 4.23. The number of carbonyl (C=O) groups is 1. The third-order valence-electron chi connectivity index (χ3n) is 4.42. The van der Waals surface area contributed by atoms with Crippen LogP contribution in [0.2, 0.25) is 0 Å². The number of para-hydroxylation sites is 1. The molecule has 1 amide bonds. The van der Waals surface area contributed by atoms with Crippen LogP contribution in [0.4, 0.5) is 5.69 Å². The Balaban J connectivity index is 1.67. The molecule has 0 aromatic heterocycles. The van der Waals surface area contributed by atoms with Gasteiger partial charge in [-0.3, -0.25) is 9.52 Å². The zero-order valence-corrected chi connectivity index (χ0v) is 17.8. The van der Waals surface area contributed by atoms with Crippen LogP contribution < -0.4 is 10.0 Å². The van der Waals surface area contributed by atoms with Crippen LogP contribution in [-0.4, -0.2) is 20.6 Å². The second-order valence-electron chi connectivity index (χ2n) is 6.46. The number of anilines is 1. The van der Waals surface area contributed by atoms with Crippen molar-refractivity contribution in [3.8, 4) is 0 Å². The number of amides is 1. The number of nitrogens with one attached hydrogen (secondary N) is 2. The van der Waals surface area contributed by atoms with E-state index in [0.29, 0.717) is 11.3 Å². The molecule has 29 heavy (non-hydrogen) atoms. The van der Waals surface area contributed by atoms with Gasteiger partial charge in [-0.05, 0) is 67.3 Å². The van der Waals surface area contributed by atoms with Gasteiger partial charge in [0.2, 0.25) is 0 Å². The first-order valence-corrected chi connectivity index (χ1v) is 11.7. The zero-order chi connectivity index (χ0) is 20.9. The van der Waals surface area contributed by atoms with Crippen LogP contribution in [-0.2, 0) is 10.0 Å². The monoisotopic (exact) mass is 426 g/mol. The van der Waals surface area contributed by atoms with E-state index < -0.39 is 10.0 Å². The van der Waals surface area contributed by atoms with Crippen LogP contribution in [0.25, 0.3) is 0 Å². The van der Waals surface area contributed by atoms with Gasteiger partial charge in [0.15, 0.2) is 0 Å². The lowest BCUT2D eigenvalue weighted by Crippen LogP contribution is -2.26. The molecule has 3 aromatic carbocycles. The van der Waals surface area contributed by atoms with Crippen LogP contribution >= 0.6 is 11.8 Å². The fraction of sp³-hybridized carbons (Fsp3) is 0.136. The smallest absolute Gasteiger partial charge is 0.261 e. The molecule has 0 fully saturated rings. The largest absolute Gasteiger partial charge is 0.346 e. The molecule has 0 heterocycles. The van der Waals surface area contributed by atoms with Gasteiger partial charge in [-0.2, -0.15) is 0 Å². The van der Waals surface area contributed by atoms with Crippen molar-refractivity contribution in [3.63, 3.8) is 0 Å². The van der Waals surface area contributed by atoms with Crippen LogP contribution in [0, 0.1) is 0 Å². The summed E-state index contributed by atoms with van der Waals surface area (Å²) in [5.74, 6) is -0.258. The Kier molecular flexibility index (Phi) is 6.61. The molecule has 0 aliphatic carbocycles. The van der Waals surface area contributed by atoms with E-state index in [2.05, 4.69) is 10.0 Å². The third kappa shape index (κ3) is 5.40. The summed E-state index contributed by atoms with van der Waals surface area (Å²) >= 11 is 1.66. The molecule has 0 saturated heterocycles. The lowest BCUT2D eigenvalue weighted by atomic mass is 10.1. The van der Waals surface area contributed by atoms with Crippen molar-refractivity contribution in [3.05, 3.63) is 90.0 Å². The van der Waals surface area contributed by atoms with Gasteiger partial charge < -0.3 is 5.32 Å². The molecule has 3 aromatic rings. The number of benzene rings is 3. The van der Waals surface area contributed by atoms with Crippen molar-refractivity contribution in [2.75, 3.05) is 11.0 Å². The Labute approximate surface area is 175 Å². The van der Waals surface area contributed by atoms with Gasteiger partial charge in [0, 0.05) is 16.1 Å². The molecule has 2 N–H and O–H groups in total. The summed E-state index contributed by atoms with van der Waals surface area (Å²) < 4.78 is 27.5. The van der Waals surface area contributed by atoms with Crippen LogP contribution in [0.3, 0.4) is 0 Å². The molecule has 0 radical (unpaired) electrons. The van der Waals surface area contributed by atoms with Crippen molar-refractivity contribution in [2.24, 2.45) is 0 Å². The van der Waals surface area contributed by atoms with E-state index in [1.54, 1.807) is 36.0 Å². The van der Waals surface area contributed by atoms with Crippen molar-refractivity contribution < 1.29 is 13.2 Å². The normalized spacial score (nSPS) is 12.2. The highest BCUT2D eigenvalue weighted by Crippen LogP contribution is 2.20. The van der Waals surface area contributed by atoms with Gasteiger partial charge in [-0.1, -0.05) is 30.3 Å². The van der Waals surface area contributed by atoms with Gasteiger partial charge in [0.05, 0.1) is 10.9 Å². The second kappa shape index (κ2) is 9.15. The number of hydrogen-bond acceptors (Lipinski definition) is 4. The molecular weight excluding hydrogens is 404 g/mol. The standard InChI is InChI=1S/C22H22N2O3S2/c1-16(17-8-12-20(28-2)13-9-17)23-22(25)18-10-14-21(15-11-18)29(26,27)24-19-6-4-3-5-7-19/h3-16,24H,1-2H3,(H,23,25). The number of hydrogen-bond donors (Lipinski definition) is 2. The number of sulfonamides is 1. The third-order valence-corrected chi connectivity index (χ3v) is 6.56. The first-order valence-electron chi connectivity index (χ1n) is 9.02. The summed E-state index contributed by atoms with van der Waals surface area (Å²) in [5, 5.41) is 2.94. The Bertz CT molecular complexity index is 1070. The minimum Gasteiger partial charge on any atom is -0.346 e. The van der Waals surface area contributed by atoms with E-state index in [0.717, 1.165) is 10.5 Å². The molecule has 150 valence electrons. The van der Waals surface area contributed by atoms with Gasteiger partial charge in [-0.15, -0.1) is 11.8 Å². The molecular formula is C22H22N2O3S2. The van der Waals surface area contributed by atoms with Crippen LogP contribution in [0.1, 0.15) is 28.9 Å². The molecule has 0 saturated carbocycles. The SMILES string of the molecule is CSc1ccc(C(C)NC(=O)c2ccc(S(=O)(=O)Nc3ccccc3)cc2)cc1. The highest BCUT2D eigenvalue weighted by atomic mass is 32.2. The lowest BCUT2D eigenvalue weighted by Gasteiger charge is -2.15. The average molecular weight is 427 g/mol. The van der Waals surface area contributed by atoms with Crippen molar-refractivity contribution in [1.82, 2.24) is 5.32 Å². The summed E-state index contributed by atoms with van der Waals surface area (Å²) in [7, 11) is -3.71. The maximum Gasteiger partial charge on any atom is 0.261 e. The van der Waals surface area contributed by atoms with Crippen LogP contribution in [0.15, 0.2) is 88.7 Å². The Hall–Kier alpha value is -2.77. The minimum absolute atomic E-state index is 0.0959. The minimum atomic E-state index is -3.71. The molecule has 1 unspecified atom stereocenters. The molecule has 5 nitrogen and oxygen atoms in total. The number of rotatable bonds is 7. The molecule has 1 atom stereocenters. The summed E-state index contributed by atoms with van der Waals surface area (Å²) in [6.45, 7) is 1.91. The predicted octanol–water partition coefficient (Wildman–Crippen LogP) is 4.70. The molecule has 3 rings (SSSR count). The molecule has 0 aliphatic rings. The van der Waals surface area contributed by atoms with E-state index in [1.807, 2.05) is 43.5 Å². The average Bonchev–Trinajstić information content (AvgIpc) is 2.74. The van der Waals surface area contributed by atoms with E-state index in [4.69, 9.17) is 0 Å². The number of thioether (sulfide) groups is 1. The predicted molar refractivity (Wildman–Crippen MR) is 118 cm³/mol. The highest BCUT2D eigenvalue weighted by Gasteiger charge is 2.16. The number of carbonyl (C=O) groups excluding carboxylic acids is 1. The van der Waals surface area contributed by atoms with Gasteiger partial charge in [0.1, 0.15) is 0 Å². The van der Waals surface area contributed by atoms with E-state index in [-0.39, 0.29) is 16.8 Å². The highest BCUT2D eigenvalue weighted by molar-refractivity contribution is 7.98. The van der Waals surface area contributed by atoms with Gasteiger partial charge in [-0.25, -0.2) is 8.42 Å². The molecule has 7 heteroatoms. The van der Waals surface area contributed by atoms with E-state index in [9.17, 15) is 13.2 Å². The second-order valence-corrected chi connectivity index (χ2v) is 9.03. The van der Waals surface area contributed by atoms with E-state index >= 15 is 0 Å². The van der Waals surface area contributed by atoms with Gasteiger partial charge in [0.25, 0.3) is 15.9 Å². The summed E-state index contributed by atoms with van der Waals surface area (Å²) in [6, 6.07) is 22.4. The molecule has 0 aliphatic heterocycles. The Morgan fingerprint density at radius 1 is 0.897 bits per heavy atom. The van der Waals surface area contributed by atoms with Crippen molar-refractivity contribution in [2.45, 2.75) is 22.8 Å². The Morgan fingerprint density at radius 3 is 2.10 bits per heavy atom. The first-order chi connectivity index (χ1) is 13.9. The molecule has 0 bridgehead atoms. The zero-order valence-electron chi connectivity index (χ0n) is 16.1. The maximum atomic E-state index is 12.5. The Morgan fingerprint density at radius 2 is 1.52 bits per heavy atom. The lowest BCUT2D eigenvalue weighted by molar-refractivity contribution is 0.0940. The van der Waals surface area contributed by atoms with Crippen molar-refractivity contribution >= 4 is 33.4 Å².